The Morgan fingerprint density at radius 2 is 2.21 bits per heavy atom. The Morgan fingerprint density at radius 3 is 3.00 bits per heavy atom. The number of halogens is 1. The van der Waals surface area contributed by atoms with Crippen LogP contribution in [0.4, 0.5) is 5.69 Å². The number of rotatable bonds is 5. The van der Waals surface area contributed by atoms with Crippen LogP contribution in [0, 0.1) is 0 Å². The Bertz CT molecular complexity index is 561. The molecule has 2 aromatic rings. The highest BCUT2D eigenvalue weighted by Crippen LogP contribution is 2.25. The third-order valence-electron chi connectivity index (χ3n) is 2.56. The Morgan fingerprint density at radius 1 is 1.37 bits per heavy atom. The van der Waals surface area contributed by atoms with E-state index in [2.05, 4.69) is 10.3 Å². The van der Waals surface area contributed by atoms with Crippen molar-refractivity contribution in [3.8, 4) is 11.6 Å². The average Bonchev–Trinajstić information content (AvgIpc) is 2.42. The molecule has 100 valence electrons. The normalized spacial score (nSPS) is 10.2. The first-order valence-electron chi connectivity index (χ1n) is 5.99. The van der Waals surface area contributed by atoms with Crippen molar-refractivity contribution in [1.29, 1.82) is 0 Å². The molecular formula is C14H15ClN2O2. The van der Waals surface area contributed by atoms with Gasteiger partial charge in [-0.05, 0) is 37.3 Å². The maximum Gasteiger partial charge on any atom is 0.237 e. The van der Waals surface area contributed by atoms with Gasteiger partial charge in [-0.2, -0.15) is 0 Å². The summed E-state index contributed by atoms with van der Waals surface area (Å²) in [5.74, 6) is 0.755. The second-order valence-corrected chi connectivity index (χ2v) is 4.35. The van der Waals surface area contributed by atoms with Gasteiger partial charge in [0, 0.05) is 23.3 Å². The number of pyridine rings is 1. The van der Waals surface area contributed by atoms with Crippen molar-refractivity contribution in [2.24, 2.45) is 0 Å². The smallest absolute Gasteiger partial charge is 0.237 e. The molecule has 0 spiro atoms. The Labute approximate surface area is 117 Å². The van der Waals surface area contributed by atoms with Crippen LogP contribution in [0.2, 0.25) is 5.02 Å². The first-order valence-corrected chi connectivity index (χ1v) is 6.37. The summed E-state index contributed by atoms with van der Waals surface area (Å²) in [5.41, 5.74) is 1.50. The van der Waals surface area contributed by atoms with E-state index in [9.17, 15) is 5.11 Å². The molecule has 0 aliphatic rings. The molecule has 19 heavy (non-hydrogen) atoms. The van der Waals surface area contributed by atoms with Crippen LogP contribution in [0.25, 0.3) is 0 Å². The summed E-state index contributed by atoms with van der Waals surface area (Å²) in [6.45, 7) is 2.90. The van der Waals surface area contributed by atoms with Gasteiger partial charge in [0.25, 0.3) is 0 Å². The highest BCUT2D eigenvalue weighted by Gasteiger charge is 2.06. The third-order valence-corrected chi connectivity index (χ3v) is 2.80. The van der Waals surface area contributed by atoms with E-state index < -0.39 is 0 Å². The molecule has 0 bridgehead atoms. The molecule has 0 unspecified atom stereocenters. The summed E-state index contributed by atoms with van der Waals surface area (Å²) in [6.07, 6.45) is 1.67. The predicted molar refractivity (Wildman–Crippen MR) is 75.8 cm³/mol. The molecule has 1 heterocycles. The van der Waals surface area contributed by atoms with Crippen LogP contribution in [0.3, 0.4) is 0 Å². The summed E-state index contributed by atoms with van der Waals surface area (Å²) < 4.78 is 5.42. The van der Waals surface area contributed by atoms with Gasteiger partial charge < -0.3 is 15.2 Å². The Balaban J connectivity index is 2.12. The van der Waals surface area contributed by atoms with E-state index in [1.807, 2.05) is 19.1 Å². The number of anilines is 1. The number of phenolic OH excluding ortho intramolecular Hbond substituents is 1. The highest BCUT2D eigenvalue weighted by atomic mass is 35.5. The van der Waals surface area contributed by atoms with Gasteiger partial charge in [0.2, 0.25) is 5.88 Å². The van der Waals surface area contributed by atoms with Crippen LogP contribution >= 0.6 is 11.6 Å². The molecule has 2 rings (SSSR count). The highest BCUT2D eigenvalue weighted by molar-refractivity contribution is 6.30. The molecule has 0 aliphatic carbocycles. The van der Waals surface area contributed by atoms with E-state index in [-0.39, 0.29) is 5.75 Å². The zero-order valence-corrected chi connectivity index (χ0v) is 11.3. The van der Waals surface area contributed by atoms with Gasteiger partial charge in [0.1, 0.15) is 5.75 Å². The topological polar surface area (TPSA) is 54.4 Å². The van der Waals surface area contributed by atoms with Crippen molar-refractivity contribution < 1.29 is 9.84 Å². The maximum absolute atomic E-state index is 9.74. The van der Waals surface area contributed by atoms with E-state index in [0.29, 0.717) is 24.1 Å². The largest absolute Gasteiger partial charge is 0.508 e. The number of aromatic hydroxyl groups is 1. The lowest BCUT2D eigenvalue weighted by Gasteiger charge is -2.12. The number of ether oxygens (including phenoxy) is 1. The molecular weight excluding hydrogens is 264 g/mol. The molecule has 4 nitrogen and oxygen atoms in total. The van der Waals surface area contributed by atoms with Gasteiger partial charge in [-0.1, -0.05) is 11.6 Å². The lowest BCUT2D eigenvalue weighted by atomic mass is 10.2. The molecule has 0 atom stereocenters. The SMILES string of the molecule is CCOc1ncccc1NCc1cc(Cl)ccc1O. The lowest BCUT2D eigenvalue weighted by Crippen LogP contribution is -2.04. The van der Waals surface area contributed by atoms with Crippen LogP contribution in [-0.4, -0.2) is 16.7 Å². The summed E-state index contributed by atoms with van der Waals surface area (Å²) in [7, 11) is 0. The van der Waals surface area contributed by atoms with Crippen molar-refractivity contribution in [1.82, 2.24) is 4.98 Å². The number of nitrogens with one attached hydrogen (secondary N) is 1. The molecule has 0 saturated carbocycles. The van der Waals surface area contributed by atoms with Crippen molar-refractivity contribution in [2.75, 3.05) is 11.9 Å². The molecule has 1 aromatic heterocycles. The Kier molecular flexibility index (Phi) is 4.47. The number of hydrogen-bond donors (Lipinski definition) is 2. The summed E-state index contributed by atoms with van der Waals surface area (Å²) >= 11 is 5.90. The molecule has 0 amide bonds. The fourth-order valence-corrected chi connectivity index (χ4v) is 1.86. The van der Waals surface area contributed by atoms with Crippen molar-refractivity contribution in [3.05, 3.63) is 47.1 Å². The zero-order chi connectivity index (χ0) is 13.7. The summed E-state index contributed by atoms with van der Waals surface area (Å²) in [6, 6.07) is 8.64. The van der Waals surface area contributed by atoms with Crippen LogP contribution in [0.5, 0.6) is 11.6 Å². The van der Waals surface area contributed by atoms with Crippen molar-refractivity contribution >= 4 is 17.3 Å². The van der Waals surface area contributed by atoms with Gasteiger partial charge >= 0.3 is 0 Å². The first-order chi connectivity index (χ1) is 9.20. The van der Waals surface area contributed by atoms with Crippen molar-refractivity contribution in [2.45, 2.75) is 13.5 Å². The molecule has 0 saturated heterocycles. The number of hydrogen-bond acceptors (Lipinski definition) is 4. The minimum atomic E-state index is 0.207. The second-order valence-electron chi connectivity index (χ2n) is 3.92. The molecule has 0 fully saturated rings. The average molecular weight is 279 g/mol. The molecule has 1 aromatic carbocycles. The number of benzene rings is 1. The van der Waals surface area contributed by atoms with Gasteiger partial charge in [-0.15, -0.1) is 0 Å². The maximum atomic E-state index is 9.74. The quantitative estimate of drug-likeness (QED) is 0.879. The van der Waals surface area contributed by atoms with Crippen LogP contribution < -0.4 is 10.1 Å². The van der Waals surface area contributed by atoms with E-state index in [1.165, 1.54) is 0 Å². The van der Waals surface area contributed by atoms with Crippen LogP contribution in [0.1, 0.15) is 12.5 Å². The fourth-order valence-electron chi connectivity index (χ4n) is 1.66. The number of nitrogens with zero attached hydrogens (tertiary/aromatic N) is 1. The van der Waals surface area contributed by atoms with Crippen molar-refractivity contribution in [3.63, 3.8) is 0 Å². The first kappa shape index (κ1) is 13.5. The van der Waals surface area contributed by atoms with E-state index in [0.717, 1.165) is 11.3 Å². The predicted octanol–water partition coefficient (Wildman–Crippen LogP) is 3.45. The molecule has 5 heteroatoms. The van der Waals surface area contributed by atoms with Gasteiger partial charge in [0.05, 0.1) is 12.3 Å². The fraction of sp³-hybridized carbons (Fsp3) is 0.214. The van der Waals surface area contributed by atoms with Gasteiger partial charge in [0.15, 0.2) is 0 Å². The van der Waals surface area contributed by atoms with E-state index >= 15 is 0 Å². The third kappa shape index (κ3) is 3.51. The van der Waals surface area contributed by atoms with Gasteiger partial charge in [-0.25, -0.2) is 4.98 Å². The van der Waals surface area contributed by atoms with Crippen LogP contribution in [0.15, 0.2) is 36.5 Å². The molecule has 2 N–H and O–H groups in total. The standard InChI is InChI=1S/C14H15ClN2O2/c1-2-19-14-12(4-3-7-16-14)17-9-10-8-11(15)5-6-13(10)18/h3-8,17-18H,2,9H2,1H3. The lowest BCUT2D eigenvalue weighted by molar-refractivity contribution is 0.328. The van der Waals surface area contributed by atoms with E-state index in [4.69, 9.17) is 16.3 Å². The second kappa shape index (κ2) is 6.29. The minimum Gasteiger partial charge on any atom is -0.508 e. The number of phenols is 1. The summed E-state index contributed by atoms with van der Waals surface area (Å²) in [5, 5.41) is 13.5. The monoisotopic (exact) mass is 278 g/mol. The molecule has 0 radical (unpaired) electrons. The van der Waals surface area contributed by atoms with Crippen LogP contribution in [-0.2, 0) is 6.54 Å². The number of aromatic nitrogens is 1. The zero-order valence-electron chi connectivity index (χ0n) is 10.6. The van der Waals surface area contributed by atoms with E-state index in [1.54, 1.807) is 24.4 Å². The Hall–Kier alpha value is -1.94. The molecule has 0 aliphatic heterocycles. The minimum absolute atomic E-state index is 0.207. The summed E-state index contributed by atoms with van der Waals surface area (Å²) in [4.78, 5) is 4.15. The van der Waals surface area contributed by atoms with Gasteiger partial charge in [-0.3, -0.25) is 0 Å².